The smallest absolute Gasteiger partial charge is 0.311 e. The van der Waals surface area contributed by atoms with Crippen molar-refractivity contribution in [2.75, 3.05) is 13.7 Å². The largest absolute Gasteiger partial charge is 0.469 e. The van der Waals surface area contributed by atoms with E-state index in [4.69, 9.17) is 9.16 Å². The number of carbonyl (C=O) groups excluding carboxylic acids is 3. The van der Waals surface area contributed by atoms with Crippen molar-refractivity contribution in [1.29, 1.82) is 0 Å². The number of ether oxygens (including phenoxy) is 1. The Kier molecular flexibility index (Phi) is 13.3. The summed E-state index contributed by atoms with van der Waals surface area (Å²) in [4.78, 5) is 40.2. The van der Waals surface area contributed by atoms with Gasteiger partial charge in [0.15, 0.2) is 5.78 Å². The van der Waals surface area contributed by atoms with Crippen LogP contribution in [0.2, 0.25) is 5.04 Å². The van der Waals surface area contributed by atoms with Crippen molar-refractivity contribution in [2.45, 2.75) is 78.3 Å². The van der Waals surface area contributed by atoms with Gasteiger partial charge in [0.25, 0.3) is 8.32 Å². The summed E-state index contributed by atoms with van der Waals surface area (Å²) in [6.07, 6.45) is 1.86. The summed E-state index contributed by atoms with van der Waals surface area (Å²) in [6.45, 7) is 12.5. The van der Waals surface area contributed by atoms with Gasteiger partial charge in [0.1, 0.15) is 0 Å². The van der Waals surface area contributed by atoms with E-state index in [2.05, 4.69) is 62.5 Å². The Balaban J connectivity index is 1.83. The van der Waals surface area contributed by atoms with Gasteiger partial charge in [-0.15, -0.1) is 0 Å². The highest BCUT2D eigenvalue weighted by Gasteiger charge is 2.50. The molecule has 7 heteroatoms. The Labute approximate surface area is 271 Å². The maximum absolute atomic E-state index is 13.8. The van der Waals surface area contributed by atoms with Crippen molar-refractivity contribution in [1.82, 2.24) is 5.32 Å². The van der Waals surface area contributed by atoms with Crippen molar-refractivity contribution in [3.8, 4) is 0 Å². The molecule has 3 aromatic rings. The molecule has 3 aromatic carbocycles. The van der Waals surface area contributed by atoms with Gasteiger partial charge >= 0.3 is 5.97 Å². The molecule has 0 saturated heterocycles. The van der Waals surface area contributed by atoms with E-state index >= 15 is 0 Å². The highest BCUT2D eigenvalue weighted by Crippen LogP contribution is 2.37. The number of nitrogens with one attached hydrogen (secondary N) is 1. The highest BCUT2D eigenvalue weighted by molar-refractivity contribution is 6.99. The summed E-state index contributed by atoms with van der Waals surface area (Å²) in [5.41, 5.74) is 1.17. The predicted octanol–water partition coefficient (Wildman–Crippen LogP) is 6.11. The van der Waals surface area contributed by atoms with Crippen molar-refractivity contribution in [3.05, 3.63) is 96.6 Å². The summed E-state index contributed by atoms with van der Waals surface area (Å²) in [5.74, 6) is -1.73. The van der Waals surface area contributed by atoms with E-state index in [9.17, 15) is 14.4 Å². The van der Waals surface area contributed by atoms with E-state index in [0.29, 0.717) is 12.8 Å². The summed E-state index contributed by atoms with van der Waals surface area (Å²) in [5, 5.41) is 4.92. The SMILES string of the molecule is COC(=O)[C@H](CO[Si](c1ccccc1)(c1ccccc1)C(C)(C)C)CC(=O)[C@H](CC(C)C)NC(=O)[C@@H](C)CCc1ccccc1. The molecular weight excluding hydrogens is 579 g/mol. The van der Waals surface area contributed by atoms with E-state index in [-0.39, 0.29) is 41.6 Å². The van der Waals surface area contributed by atoms with Gasteiger partial charge in [0.05, 0.1) is 19.1 Å². The zero-order valence-electron chi connectivity index (χ0n) is 28.0. The van der Waals surface area contributed by atoms with Crippen molar-refractivity contribution in [3.63, 3.8) is 0 Å². The average molecular weight is 630 g/mol. The number of hydrogen-bond donors (Lipinski definition) is 1. The lowest BCUT2D eigenvalue weighted by Gasteiger charge is -2.43. The fourth-order valence-electron chi connectivity index (χ4n) is 5.96. The second kappa shape index (κ2) is 16.7. The molecule has 0 aromatic heterocycles. The lowest BCUT2D eigenvalue weighted by molar-refractivity contribution is -0.148. The van der Waals surface area contributed by atoms with Crippen LogP contribution in [-0.4, -0.2) is 45.7 Å². The van der Waals surface area contributed by atoms with Crippen LogP contribution in [0.4, 0.5) is 0 Å². The fraction of sp³-hybridized carbons (Fsp3) is 0.447. The van der Waals surface area contributed by atoms with Crippen LogP contribution in [-0.2, 0) is 30.0 Å². The minimum absolute atomic E-state index is 0.0293. The lowest BCUT2D eigenvalue weighted by Crippen LogP contribution is -2.67. The molecule has 3 atom stereocenters. The number of hydrogen-bond acceptors (Lipinski definition) is 5. The topological polar surface area (TPSA) is 81.7 Å². The summed E-state index contributed by atoms with van der Waals surface area (Å²) >= 11 is 0. The van der Waals surface area contributed by atoms with Gasteiger partial charge < -0.3 is 14.5 Å². The first-order valence-corrected chi connectivity index (χ1v) is 18.0. The molecule has 0 saturated carbocycles. The number of Topliss-reactive ketones (excluding diaryl/α,β-unsaturated/α-hetero) is 1. The van der Waals surface area contributed by atoms with Crippen LogP contribution in [0.25, 0.3) is 0 Å². The second-order valence-electron chi connectivity index (χ2n) is 13.5. The van der Waals surface area contributed by atoms with E-state index in [1.54, 1.807) is 0 Å². The normalized spacial score (nSPS) is 14.0. The Morgan fingerprint density at radius 3 is 1.78 bits per heavy atom. The predicted molar refractivity (Wildman–Crippen MR) is 184 cm³/mol. The van der Waals surface area contributed by atoms with Crippen LogP contribution in [0, 0.1) is 17.8 Å². The average Bonchev–Trinajstić information content (AvgIpc) is 3.03. The molecule has 6 nitrogen and oxygen atoms in total. The van der Waals surface area contributed by atoms with Crippen LogP contribution in [0.5, 0.6) is 0 Å². The van der Waals surface area contributed by atoms with Gasteiger partial charge in [0.2, 0.25) is 5.91 Å². The van der Waals surface area contributed by atoms with Gasteiger partial charge in [-0.25, -0.2) is 0 Å². The van der Waals surface area contributed by atoms with Gasteiger partial charge in [-0.05, 0) is 46.2 Å². The lowest BCUT2D eigenvalue weighted by atomic mass is 9.92. The third kappa shape index (κ3) is 9.72. The van der Waals surface area contributed by atoms with Crippen molar-refractivity contribution < 1.29 is 23.5 Å². The minimum atomic E-state index is -2.94. The van der Waals surface area contributed by atoms with Gasteiger partial charge in [0, 0.05) is 18.9 Å². The van der Waals surface area contributed by atoms with Crippen LogP contribution in [0.3, 0.4) is 0 Å². The van der Waals surface area contributed by atoms with Gasteiger partial charge in [-0.1, -0.05) is 133 Å². The number of rotatable bonds is 16. The summed E-state index contributed by atoms with van der Waals surface area (Å²) in [6, 6.07) is 29.8. The summed E-state index contributed by atoms with van der Waals surface area (Å²) < 4.78 is 12.2. The number of amides is 1. The molecule has 0 radical (unpaired) electrons. The maximum Gasteiger partial charge on any atom is 0.311 e. The van der Waals surface area contributed by atoms with Gasteiger partial charge in [-0.3, -0.25) is 14.4 Å². The standard InChI is InChI=1S/C38H51NO5Si/c1-28(2)25-34(39-36(41)29(3)23-24-30-17-11-8-12-18-30)35(40)26-31(37(42)43-7)27-44-45(38(4,5)6,32-19-13-9-14-20-32)33-21-15-10-16-22-33/h8-22,28-29,31,34H,23-27H2,1-7H3,(H,39,41)/t29-,31-,34-/m0/s1. The molecule has 0 aliphatic heterocycles. The zero-order valence-corrected chi connectivity index (χ0v) is 29.0. The minimum Gasteiger partial charge on any atom is -0.469 e. The fourth-order valence-corrected chi connectivity index (χ4v) is 10.6. The molecule has 0 bridgehead atoms. The molecule has 0 aliphatic rings. The van der Waals surface area contributed by atoms with Crippen molar-refractivity contribution >= 4 is 36.4 Å². The molecule has 0 unspecified atom stereocenters. The zero-order chi connectivity index (χ0) is 33.0. The Morgan fingerprint density at radius 2 is 1.31 bits per heavy atom. The Hall–Kier alpha value is -3.55. The molecule has 1 N–H and O–H groups in total. The molecule has 3 rings (SSSR count). The van der Waals surface area contributed by atoms with Crippen LogP contribution >= 0.6 is 0 Å². The molecule has 0 spiro atoms. The first-order chi connectivity index (χ1) is 21.4. The van der Waals surface area contributed by atoms with Crippen LogP contribution < -0.4 is 15.7 Å². The molecular formula is C38H51NO5Si. The molecule has 0 fully saturated rings. The van der Waals surface area contributed by atoms with E-state index in [0.717, 1.165) is 16.8 Å². The summed E-state index contributed by atoms with van der Waals surface area (Å²) in [7, 11) is -1.60. The third-order valence-corrected chi connectivity index (χ3v) is 13.5. The maximum atomic E-state index is 13.8. The first kappa shape index (κ1) is 35.9. The Morgan fingerprint density at radius 1 is 0.800 bits per heavy atom. The Bertz CT molecular complexity index is 1320. The quantitative estimate of drug-likeness (QED) is 0.153. The molecule has 0 heterocycles. The second-order valence-corrected chi connectivity index (χ2v) is 17.8. The van der Waals surface area contributed by atoms with E-state index < -0.39 is 26.2 Å². The third-order valence-electron chi connectivity index (χ3n) is 8.47. The monoisotopic (exact) mass is 629 g/mol. The number of benzene rings is 3. The highest BCUT2D eigenvalue weighted by atomic mass is 28.4. The number of aryl methyl sites for hydroxylation is 1. The number of ketones is 1. The number of carbonyl (C=O) groups is 3. The van der Waals surface area contributed by atoms with E-state index in [1.165, 1.54) is 12.7 Å². The molecule has 45 heavy (non-hydrogen) atoms. The number of methoxy groups -OCH3 is 1. The molecule has 0 aliphatic carbocycles. The number of esters is 1. The van der Waals surface area contributed by atoms with E-state index in [1.807, 2.05) is 75.4 Å². The first-order valence-electron chi connectivity index (χ1n) is 16.1. The van der Waals surface area contributed by atoms with Gasteiger partial charge in [-0.2, -0.15) is 0 Å². The van der Waals surface area contributed by atoms with Crippen molar-refractivity contribution in [2.24, 2.45) is 17.8 Å². The molecule has 242 valence electrons. The van der Waals surface area contributed by atoms with Crippen LogP contribution in [0.15, 0.2) is 91.0 Å². The molecule has 1 amide bonds. The van der Waals surface area contributed by atoms with Crippen LogP contribution in [0.1, 0.15) is 66.4 Å².